The number of non-ortho nitro benzene ring substituents is 1. The van der Waals surface area contributed by atoms with E-state index in [1.54, 1.807) is 57.2 Å². The van der Waals surface area contributed by atoms with Gasteiger partial charge in [0, 0.05) is 38.3 Å². The largest absolute Gasteiger partial charge is 0.550 e. The molecule has 4 aliphatic heterocycles. The number of carbonyl (C=O) groups excluding carboxylic acids is 5. The number of hydrogen-bond acceptors (Lipinski definition) is 12. The van der Waals surface area contributed by atoms with Crippen LogP contribution in [0.1, 0.15) is 86.8 Å². The first kappa shape index (κ1) is 59.0. The van der Waals surface area contributed by atoms with Crippen molar-refractivity contribution in [3.05, 3.63) is 144 Å². The summed E-state index contributed by atoms with van der Waals surface area (Å²) >= 11 is 5.06. The maximum Gasteiger partial charge on any atom is 0.550 e. The molecule has 2 saturated heterocycles. The molecule has 0 aromatic heterocycles. The smallest absolute Gasteiger partial charge is 0.499 e. The van der Waals surface area contributed by atoms with E-state index in [4.69, 9.17) is 48.5 Å². The van der Waals surface area contributed by atoms with Crippen LogP contribution in [0.4, 0.5) is 10.5 Å². The van der Waals surface area contributed by atoms with Gasteiger partial charge in [-0.3, -0.25) is 48.9 Å². The highest BCUT2D eigenvalue weighted by Gasteiger charge is 2.43. The number of aryl methyl sites for hydroxylation is 1. The van der Waals surface area contributed by atoms with Crippen molar-refractivity contribution in [1.29, 1.82) is 5.26 Å². The van der Waals surface area contributed by atoms with Crippen molar-refractivity contribution in [2.24, 2.45) is 11.8 Å². The fraction of sp³-hybridized carbons (Fsp3) is 0.408. The average molecular weight is 1010 g/mol. The summed E-state index contributed by atoms with van der Waals surface area (Å²) in [7, 11) is -3.45. The summed E-state index contributed by atoms with van der Waals surface area (Å²) in [6.45, 7) is 48.8. The lowest BCUT2D eigenvalue weighted by atomic mass is 9.96. The molecule has 0 unspecified atom stereocenters. The number of amides is 6. The Morgan fingerprint density at radius 3 is 1.62 bits per heavy atom. The second-order valence-corrected chi connectivity index (χ2v) is 18.5. The number of benzene rings is 2. The number of barbiturate groups is 1. The lowest BCUT2D eigenvalue weighted by molar-refractivity contribution is -0.384. The molecule has 6 amide bonds. The molecular formula is C49H54N10O10S2. The van der Waals surface area contributed by atoms with Crippen LogP contribution in [0, 0.1) is 66.5 Å². The van der Waals surface area contributed by atoms with E-state index in [2.05, 4.69) is 19.4 Å². The predicted molar refractivity (Wildman–Crippen MR) is 265 cm³/mol. The summed E-state index contributed by atoms with van der Waals surface area (Å²) in [4.78, 5) is 85.6. The number of carbonyl (C=O) groups is 5. The SMILES string of the molecule is CCN1C(=O)C(C)C(=O)N(CC)C1=O.CCN1C(=O)C(C)C(=O)N(CC)C1=S.Cc1ccc([N+](=O)[O-])cc1.[C-]#[N+]/C(C#N)=C1\c2ccccc2S(=O)(=O)[C@H]1C.[C-]#[N+]C([N+]#[C-])=C1OC(C)(C)C(CC)=C1[N+]#[C-]. The number of nitro benzene ring substituents is 1. The Balaban J connectivity index is 0.000000307. The molecule has 4 heterocycles. The summed E-state index contributed by atoms with van der Waals surface area (Å²) in [5.41, 5.74) is 2.41. The zero-order chi connectivity index (χ0) is 54.3. The number of nitrogens with zero attached hydrogens (tertiary/aromatic N) is 10. The molecule has 0 saturated carbocycles. The molecular weight excluding hydrogens is 953 g/mol. The van der Waals surface area contributed by atoms with E-state index in [0.717, 1.165) is 20.9 Å². The van der Waals surface area contributed by atoms with Crippen LogP contribution in [-0.2, 0) is 33.8 Å². The normalized spacial score (nSPS) is 18.5. The molecule has 372 valence electrons. The summed E-state index contributed by atoms with van der Waals surface area (Å²) in [6, 6.07) is 14.2. The molecule has 2 aromatic rings. The number of nitro groups is 1. The van der Waals surface area contributed by atoms with E-state index in [0.29, 0.717) is 54.5 Å². The Morgan fingerprint density at radius 1 is 0.789 bits per heavy atom. The Morgan fingerprint density at radius 2 is 1.24 bits per heavy atom. The van der Waals surface area contributed by atoms with Crippen molar-refractivity contribution in [1.82, 2.24) is 19.6 Å². The van der Waals surface area contributed by atoms with E-state index in [9.17, 15) is 42.5 Å². The van der Waals surface area contributed by atoms with Crippen molar-refractivity contribution in [3.63, 3.8) is 0 Å². The van der Waals surface area contributed by atoms with Gasteiger partial charge in [0.05, 0.1) is 34.3 Å². The van der Waals surface area contributed by atoms with Gasteiger partial charge < -0.3 is 4.74 Å². The molecule has 4 aliphatic rings. The Hall–Kier alpha value is -8.10. The van der Waals surface area contributed by atoms with Crippen LogP contribution in [0.2, 0.25) is 0 Å². The third-order valence-corrected chi connectivity index (χ3v) is 13.8. The quantitative estimate of drug-likeness (QED) is 0.0664. The zero-order valence-corrected chi connectivity index (χ0v) is 42.9. The minimum atomic E-state index is -3.45. The van der Waals surface area contributed by atoms with Crippen molar-refractivity contribution in [2.45, 2.75) is 98.3 Å². The van der Waals surface area contributed by atoms with Gasteiger partial charge in [0.15, 0.2) is 14.9 Å². The third-order valence-electron chi connectivity index (χ3n) is 11.3. The number of imide groups is 2. The van der Waals surface area contributed by atoms with Gasteiger partial charge in [-0.1, -0.05) is 42.8 Å². The molecule has 71 heavy (non-hydrogen) atoms. The van der Waals surface area contributed by atoms with Gasteiger partial charge in [-0.15, -0.1) is 0 Å². The number of nitriles is 1. The van der Waals surface area contributed by atoms with E-state index < -0.39 is 55.3 Å². The minimum absolute atomic E-state index is 0.141. The van der Waals surface area contributed by atoms with Crippen LogP contribution in [0.25, 0.3) is 25.0 Å². The van der Waals surface area contributed by atoms with Crippen LogP contribution in [0.5, 0.6) is 0 Å². The first-order chi connectivity index (χ1) is 33.3. The van der Waals surface area contributed by atoms with Gasteiger partial charge >= 0.3 is 11.9 Å². The molecule has 20 nitrogen and oxygen atoms in total. The van der Waals surface area contributed by atoms with Gasteiger partial charge in [0.2, 0.25) is 35.1 Å². The first-order valence-corrected chi connectivity index (χ1v) is 24.0. The Labute approximate surface area is 419 Å². The highest BCUT2D eigenvalue weighted by atomic mass is 32.2. The highest BCUT2D eigenvalue weighted by molar-refractivity contribution is 7.93. The van der Waals surface area contributed by atoms with E-state index in [1.807, 2.05) is 41.5 Å². The fourth-order valence-electron chi connectivity index (χ4n) is 7.39. The second kappa shape index (κ2) is 25.5. The van der Waals surface area contributed by atoms with Crippen molar-refractivity contribution in [2.75, 3.05) is 26.2 Å². The molecule has 1 atom stereocenters. The molecule has 22 heteroatoms. The van der Waals surface area contributed by atoms with E-state index >= 15 is 0 Å². The maximum atomic E-state index is 12.1. The number of urea groups is 1. The second-order valence-electron chi connectivity index (χ2n) is 15.9. The predicted octanol–water partition coefficient (Wildman–Crippen LogP) is 8.38. The third kappa shape index (κ3) is 12.8. The number of fused-ring (bicyclic) bond motifs is 1. The zero-order valence-electron chi connectivity index (χ0n) is 41.3. The number of thiocarbonyl (C=S) groups is 1. The molecule has 0 N–H and O–H groups in total. The topological polar surface area (TPSA) is 226 Å². The van der Waals surface area contributed by atoms with Crippen LogP contribution in [0.15, 0.2) is 82.0 Å². The lowest BCUT2D eigenvalue weighted by Crippen LogP contribution is -2.58. The summed E-state index contributed by atoms with van der Waals surface area (Å²) in [5.74, 6) is -2.52. The van der Waals surface area contributed by atoms with Crippen LogP contribution in [0.3, 0.4) is 0 Å². The fourth-order valence-corrected chi connectivity index (χ4v) is 9.51. The maximum absolute atomic E-state index is 12.1. The van der Waals surface area contributed by atoms with Crippen LogP contribution < -0.4 is 0 Å². The van der Waals surface area contributed by atoms with E-state index in [-0.39, 0.29) is 39.7 Å². The Bertz CT molecular complexity index is 2770. The van der Waals surface area contributed by atoms with Gasteiger partial charge in [-0.05, 0) is 111 Å². The summed E-state index contributed by atoms with van der Waals surface area (Å²) in [6.07, 6.45) is 0.678. The van der Waals surface area contributed by atoms with Gasteiger partial charge in [0.1, 0.15) is 30.6 Å². The highest BCUT2D eigenvalue weighted by Crippen LogP contribution is 2.43. The molecule has 2 aromatic carbocycles. The molecule has 0 bridgehead atoms. The molecule has 6 rings (SSSR count). The van der Waals surface area contributed by atoms with Crippen molar-refractivity contribution in [3.8, 4) is 6.07 Å². The average Bonchev–Trinajstić information content (AvgIpc) is 3.73. The monoisotopic (exact) mass is 1010 g/mol. The van der Waals surface area contributed by atoms with Crippen LogP contribution in [-0.4, -0.2) is 105 Å². The molecule has 0 aliphatic carbocycles. The number of sulfone groups is 1. The molecule has 0 spiro atoms. The van der Waals surface area contributed by atoms with Crippen LogP contribution >= 0.6 is 12.2 Å². The lowest BCUT2D eigenvalue weighted by Gasteiger charge is -2.37. The number of ether oxygens (including phenoxy) is 1. The number of allylic oxidation sites excluding steroid dienone is 1. The van der Waals surface area contributed by atoms with E-state index in [1.165, 1.54) is 41.8 Å². The number of hydrogen-bond donors (Lipinski definition) is 0. The minimum Gasteiger partial charge on any atom is -0.499 e. The Kier molecular flexibility index (Phi) is 21.2. The number of rotatable bonds is 6. The van der Waals surface area contributed by atoms with Crippen molar-refractivity contribution >= 4 is 68.1 Å². The molecule has 2 fully saturated rings. The first-order valence-electron chi connectivity index (χ1n) is 22.0. The van der Waals surface area contributed by atoms with Crippen molar-refractivity contribution < 1.29 is 42.1 Å². The van der Waals surface area contributed by atoms with Gasteiger partial charge in [0.25, 0.3) is 11.4 Å². The van der Waals surface area contributed by atoms with Gasteiger partial charge in [-0.2, -0.15) is 9.69 Å². The standard InChI is InChI=1S/C12H11N3O.C12H8N2O2S.C9H14N2O3.C9H14N2O2S.C7H7NO2/c1-7-8-9(13-4)10(11(14-5)15-6)16-12(8,2)3;1-8-12(10(7-13)14-2)9-5-3-4-6-11(9)17(8,15)16;2*1-4-10-7(12)6(3)8(13)11(5-2)9(10)14;1-6-2-4-7(5-3-6)8(9)10/h7H2,1-3H3;3-6,8H,1H3;2*6H,4-5H2,1-3H3;2-5H,1H3/b;12-10-;;;/t;8-;;;/m.0.../s1. The summed E-state index contributed by atoms with van der Waals surface area (Å²) in [5, 5.41) is 18.5. The molecule has 0 radical (unpaired) electrons. The van der Waals surface area contributed by atoms with Gasteiger partial charge in [-0.25, -0.2) is 28.2 Å². The summed E-state index contributed by atoms with van der Waals surface area (Å²) < 4.78 is 29.7.